The summed E-state index contributed by atoms with van der Waals surface area (Å²) in [7, 11) is 0. The molecular formula is C13H13F3N2O. The number of aromatic nitrogens is 2. The number of halogens is 3. The molecule has 0 aliphatic carbocycles. The lowest BCUT2D eigenvalue weighted by Crippen LogP contribution is -2.17. The van der Waals surface area contributed by atoms with Crippen LogP contribution in [0.5, 0.6) is 5.75 Å². The molecule has 6 heteroatoms. The summed E-state index contributed by atoms with van der Waals surface area (Å²) in [6.07, 6.45) is -2.20. The number of alkyl halides is 3. The molecule has 19 heavy (non-hydrogen) atoms. The van der Waals surface area contributed by atoms with Crippen LogP contribution in [0.15, 0.2) is 36.5 Å². The van der Waals surface area contributed by atoms with Crippen LogP contribution in [-0.4, -0.2) is 16.1 Å². The fourth-order valence-corrected chi connectivity index (χ4v) is 1.69. The lowest BCUT2D eigenvalue weighted by atomic mass is 10.1. The van der Waals surface area contributed by atoms with Gasteiger partial charge in [0.25, 0.3) is 0 Å². The van der Waals surface area contributed by atoms with Crippen molar-refractivity contribution in [2.24, 2.45) is 0 Å². The Balaban J connectivity index is 2.02. The third-order valence-corrected chi connectivity index (χ3v) is 2.56. The molecule has 0 aliphatic heterocycles. The third kappa shape index (κ3) is 4.01. The Morgan fingerprint density at radius 1 is 1.16 bits per heavy atom. The second kappa shape index (κ2) is 5.34. The summed E-state index contributed by atoms with van der Waals surface area (Å²) < 4.78 is 41.6. The zero-order chi connectivity index (χ0) is 13.9. The van der Waals surface area contributed by atoms with Crippen molar-refractivity contribution >= 4 is 0 Å². The normalized spacial score (nSPS) is 11.6. The number of benzene rings is 1. The van der Waals surface area contributed by atoms with Crippen molar-refractivity contribution < 1.29 is 17.9 Å². The summed E-state index contributed by atoms with van der Waals surface area (Å²) >= 11 is 0. The van der Waals surface area contributed by atoms with Gasteiger partial charge in [-0.3, -0.25) is 4.68 Å². The quantitative estimate of drug-likeness (QED) is 0.851. The smallest absolute Gasteiger partial charge is 0.406 e. The van der Waals surface area contributed by atoms with Gasteiger partial charge in [0, 0.05) is 19.2 Å². The van der Waals surface area contributed by atoms with Crippen LogP contribution in [0.1, 0.15) is 18.2 Å². The third-order valence-electron chi connectivity index (χ3n) is 2.56. The predicted molar refractivity (Wildman–Crippen MR) is 63.8 cm³/mol. The fourth-order valence-electron chi connectivity index (χ4n) is 1.69. The second-order valence-electron chi connectivity index (χ2n) is 4.03. The van der Waals surface area contributed by atoms with E-state index in [2.05, 4.69) is 9.84 Å². The van der Waals surface area contributed by atoms with Gasteiger partial charge in [-0.05, 0) is 30.7 Å². The Bertz CT molecular complexity index is 532. The largest absolute Gasteiger partial charge is 0.573 e. The summed E-state index contributed by atoms with van der Waals surface area (Å²) in [5.74, 6) is -0.213. The van der Waals surface area contributed by atoms with E-state index in [9.17, 15) is 13.2 Å². The monoisotopic (exact) mass is 270 g/mol. The summed E-state index contributed by atoms with van der Waals surface area (Å²) in [6, 6.07) is 7.71. The van der Waals surface area contributed by atoms with Gasteiger partial charge >= 0.3 is 6.36 Å². The minimum Gasteiger partial charge on any atom is -0.406 e. The molecule has 0 spiro atoms. The molecule has 2 aromatic rings. The van der Waals surface area contributed by atoms with Gasteiger partial charge in [0.05, 0.1) is 5.69 Å². The molecule has 0 saturated carbocycles. The van der Waals surface area contributed by atoms with Gasteiger partial charge in [0.2, 0.25) is 0 Å². The standard InChI is InChI=1S/C13H13F3N2O/c1-2-18-8-7-11(17-18)9-10-3-5-12(6-4-10)19-13(14,15)16/h3-8H,2,9H2,1H3. The minimum absolute atomic E-state index is 0.213. The second-order valence-corrected chi connectivity index (χ2v) is 4.03. The molecule has 3 nitrogen and oxygen atoms in total. The number of aryl methyl sites for hydroxylation is 1. The summed E-state index contributed by atoms with van der Waals surface area (Å²) in [5.41, 5.74) is 1.77. The molecule has 0 radical (unpaired) electrons. The molecule has 0 bridgehead atoms. The SMILES string of the molecule is CCn1ccc(Cc2ccc(OC(F)(F)F)cc2)n1. The van der Waals surface area contributed by atoms with E-state index in [4.69, 9.17) is 0 Å². The van der Waals surface area contributed by atoms with E-state index in [0.717, 1.165) is 17.8 Å². The maximum absolute atomic E-state index is 12.0. The van der Waals surface area contributed by atoms with E-state index in [1.807, 2.05) is 19.2 Å². The Morgan fingerprint density at radius 2 is 1.84 bits per heavy atom. The van der Waals surface area contributed by atoms with Crippen molar-refractivity contribution in [2.75, 3.05) is 0 Å². The zero-order valence-corrected chi connectivity index (χ0v) is 10.3. The summed E-state index contributed by atoms with van der Waals surface area (Å²) in [6.45, 7) is 2.78. The number of hydrogen-bond donors (Lipinski definition) is 0. The van der Waals surface area contributed by atoms with Crippen LogP contribution in [0.2, 0.25) is 0 Å². The Labute approximate surface area is 108 Å². The maximum atomic E-state index is 12.0. The number of ether oxygens (including phenoxy) is 1. The molecule has 102 valence electrons. The highest BCUT2D eigenvalue weighted by Gasteiger charge is 2.30. The first kappa shape index (κ1) is 13.5. The Morgan fingerprint density at radius 3 is 2.37 bits per heavy atom. The number of nitrogens with zero attached hydrogens (tertiary/aromatic N) is 2. The molecule has 1 heterocycles. The molecule has 0 saturated heterocycles. The van der Waals surface area contributed by atoms with Gasteiger partial charge < -0.3 is 4.74 Å². The molecule has 0 atom stereocenters. The van der Waals surface area contributed by atoms with Crippen LogP contribution >= 0.6 is 0 Å². The van der Waals surface area contributed by atoms with Crippen LogP contribution in [0.4, 0.5) is 13.2 Å². The molecule has 0 amide bonds. The van der Waals surface area contributed by atoms with Crippen molar-refractivity contribution in [3.63, 3.8) is 0 Å². The Kier molecular flexibility index (Phi) is 3.78. The first-order valence-corrected chi connectivity index (χ1v) is 5.83. The first-order valence-electron chi connectivity index (χ1n) is 5.83. The fraction of sp³-hybridized carbons (Fsp3) is 0.308. The highest BCUT2D eigenvalue weighted by molar-refractivity contribution is 5.29. The van der Waals surface area contributed by atoms with E-state index in [1.54, 1.807) is 16.8 Å². The summed E-state index contributed by atoms with van der Waals surface area (Å²) in [5, 5.41) is 4.31. The molecule has 1 aromatic heterocycles. The molecule has 2 rings (SSSR count). The van der Waals surface area contributed by atoms with Gasteiger partial charge in [-0.1, -0.05) is 12.1 Å². The van der Waals surface area contributed by atoms with Crippen molar-refractivity contribution in [1.29, 1.82) is 0 Å². The zero-order valence-electron chi connectivity index (χ0n) is 10.3. The highest BCUT2D eigenvalue weighted by Crippen LogP contribution is 2.23. The van der Waals surface area contributed by atoms with Gasteiger partial charge in [-0.2, -0.15) is 5.10 Å². The maximum Gasteiger partial charge on any atom is 0.573 e. The van der Waals surface area contributed by atoms with Crippen molar-refractivity contribution in [3.8, 4) is 5.75 Å². The van der Waals surface area contributed by atoms with E-state index in [0.29, 0.717) is 6.42 Å². The van der Waals surface area contributed by atoms with Crippen molar-refractivity contribution in [2.45, 2.75) is 26.3 Å². The molecule has 0 N–H and O–H groups in total. The van der Waals surface area contributed by atoms with E-state index < -0.39 is 6.36 Å². The lowest BCUT2D eigenvalue weighted by molar-refractivity contribution is -0.274. The minimum atomic E-state index is -4.65. The summed E-state index contributed by atoms with van der Waals surface area (Å²) in [4.78, 5) is 0. The molecular weight excluding hydrogens is 257 g/mol. The van der Waals surface area contributed by atoms with Crippen LogP contribution in [-0.2, 0) is 13.0 Å². The van der Waals surface area contributed by atoms with E-state index >= 15 is 0 Å². The van der Waals surface area contributed by atoms with Crippen molar-refractivity contribution in [3.05, 3.63) is 47.8 Å². The molecule has 1 aromatic carbocycles. The van der Waals surface area contributed by atoms with Gasteiger partial charge in [0.15, 0.2) is 0 Å². The highest BCUT2D eigenvalue weighted by atomic mass is 19.4. The topological polar surface area (TPSA) is 27.1 Å². The van der Waals surface area contributed by atoms with Gasteiger partial charge in [-0.25, -0.2) is 0 Å². The molecule has 0 aliphatic rings. The Hall–Kier alpha value is -1.98. The van der Waals surface area contributed by atoms with Gasteiger partial charge in [0.1, 0.15) is 5.75 Å². The number of hydrogen-bond acceptors (Lipinski definition) is 2. The van der Waals surface area contributed by atoms with Crippen LogP contribution in [0.3, 0.4) is 0 Å². The van der Waals surface area contributed by atoms with Crippen LogP contribution in [0, 0.1) is 0 Å². The predicted octanol–water partition coefficient (Wildman–Crippen LogP) is 3.39. The van der Waals surface area contributed by atoms with Crippen molar-refractivity contribution in [1.82, 2.24) is 9.78 Å². The van der Waals surface area contributed by atoms with E-state index in [-0.39, 0.29) is 5.75 Å². The van der Waals surface area contributed by atoms with Gasteiger partial charge in [-0.15, -0.1) is 13.2 Å². The van der Waals surface area contributed by atoms with Crippen LogP contribution < -0.4 is 4.74 Å². The number of rotatable bonds is 4. The first-order chi connectivity index (χ1) is 8.96. The molecule has 0 fully saturated rings. The average molecular weight is 270 g/mol. The average Bonchev–Trinajstić information content (AvgIpc) is 2.77. The molecule has 0 unspecified atom stereocenters. The van der Waals surface area contributed by atoms with Crippen LogP contribution in [0.25, 0.3) is 0 Å². The lowest BCUT2D eigenvalue weighted by Gasteiger charge is -2.08. The van der Waals surface area contributed by atoms with E-state index in [1.165, 1.54) is 12.1 Å².